The first-order chi connectivity index (χ1) is 9.69. The van der Waals surface area contributed by atoms with Crippen molar-refractivity contribution in [3.8, 4) is 5.75 Å². The van der Waals surface area contributed by atoms with Crippen LogP contribution in [0.4, 0.5) is 0 Å². The predicted molar refractivity (Wildman–Crippen MR) is 80.2 cm³/mol. The minimum atomic E-state index is 0.242. The summed E-state index contributed by atoms with van der Waals surface area (Å²) in [7, 11) is 1.65. The van der Waals surface area contributed by atoms with E-state index < -0.39 is 0 Å². The molecule has 2 aliphatic carbocycles. The zero-order chi connectivity index (χ0) is 14.1. The number of halogens is 1. The molecule has 0 aromatic heterocycles. The lowest BCUT2D eigenvalue weighted by Gasteiger charge is -2.12. The van der Waals surface area contributed by atoms with E-state index >= 15 is 0 Å². The van der Waals surface area contributed by atoms with Gasteiger partial charge < -0.3 is 9.47 Å². The van der Waals surface area contributed by atoms with Gasteiger partial charge in [0.15, 0.2) is 5.78 Å². The lowest BCUT2D eigenvalue weighted by atomic mass is 9.93. The summed E-state index contributed by atoms with van der Waals surface area (Å²) in [6.07, 6.45) is 3.53. The van der Waals surface area contributed by atoms with Gasteiger partial charge in [-0.15, -0.1) is 0 Å². The zero-order valence-electron chi connectivity index (χ0n) is 11.6. The molecule has 2 unspecified atom stereocenters. The normalized spacial score (nSPS) is 27.2. The van der Waals surface area contributed by atoms with E-state index in [1.807, 2.05) is 18.2 Å². The highest BCUT2D eigenvalue weighted by atomic mass is 79.9. The van der Waals surface area contributed by atoms with E-state index in [9.17, 15) is 4.79 Å². The quantitative estimate of drug-likeness (QED) is 0.586. The van der Waals surface area contributed by atoms with Crippen molar-refractivity contribution in [1.82, 2.24) is 0 Å². The summed E-state index contributed by atoms with van der Waals surface area (Å²) in [5, 5.41) is 0. The molecule has 0 amide bonds. The number of fused-ring (bicyclic) bond motifs is 1. The second kappa shape index (κ2) is 5.86. The van der Waals surface area contributed by atoms with Crippen LogP contribution in [0.3, 0.4) is 0 Å². The predicted octanol–water partition coefficient (Wildman–Crippen LogP) is 3.70. The number of carbonyl (C=O) groups excluding carboxylic acids is 1. The lowest BCUT2D eigenvalue weighted by Crippen LogP contribution is -2.13. The van der Waals surface area contributed by atoms with Crippen LogP contribution in [0, 0.1) is 17.8 Å². The number of benzene rings is 1. The van der Waals surface area contributed by atoms with Crippen LogP contribution in [0.5, 0.6) is 5.75 Å². The van der Waals surface area contributed by atoms with Crippen LogP contribution in [0.25, 0.3) is 0 Å². The van der Waals surface area contributed by atoms with Gasteiger partial charge in [-0.25, -0.2) is 0 Å². The molecule has 108 valence electrons. The summed E-state index contributed by atoms with van der Waals surface area (Å²) >= 11 is 3.48. The summed E-state index contributed by atoms with van der Waals surface area (Å²) < 4.78 is 11.4. The summed E-state index contributed by atoms with van der Waals surface area (Å²) in [5.74, 6) is 2.97. The van der Waals surface area contributed by atoms with Crippen LogP contribution < -0.4 is 4.74 Å². The fraction of sp³-hybridized carbons (Fsp3) is 0.562. The highest BCUT2D eigenvalue weighted by molar-refractivity contribution is 9.10. The van der Waals surface area contributed by atoms with E-state index in [1.54, 1.807) is 7.11 Å². The molecule has 1 aromatic carbocycles. The van der Waals surface area contributed by atoms with Crippen molar-refractivity contribution in [2.75, 3.05) is 20.3 Å². The van der Waals surface area contributed by atoms with Gasteiger partial charge in [0.25, 0.3) is 0 Å². The third kappa shape index (κ3) is 2.91. The third-order valence-electron chi connectivity index (χ3n) is 4.38. The Morgan fingerprint density at radius 1 is 1.25 bits per heavy atom. The number of Topliss-reactive ketones (excluding diaryl/α,β-unsaturated/α-hetero) is 1. The van der Waals surface area contributed by atoms with Gasteiger partial charge in [-0.1, -0.05) is 0 Å². The highest BCUT2D eigenvalue weighted by Crippen LogP contribution is 2.55. The monoisotopic (exact) mass is 338 g/mol. The van der Waals surface area contributed by atoms with Crippen LogP contribution >= 0.6 is 15.9 Å². The molecule has 0 spiro atoms. The minimum absolute atomic E-state index is 0.242. The van der Waals surface area contributed by atoms with Crippen LogP contribution in [0.2, 0.25) is 0 Å². The topological polar surface area (TPSA) is 35.5 Å². The van der Waals surface area contributed by atoms with Crippen molar-refractivity contribution in [1.29, 1.82) is 0 Å². The Morgan fingerprint density at radius 3 is 2.65 bits per heavy atom. The summed E-state index contributed by atoms with van der Waals surface area (Å²) in [5.41, 5.74) is 0.794. The molecular weight excluding hydrogens is 320 g/mol. The maximum Gasteiger partial charge on any atom is 0.166 e. The lowest BCUT2D eigenvalue weighted by molar-refractivity contribution is 0.0914. The second-order valence-corrected chi connectivity index (χ2v) is 6.63. The first kappa shape index (κ1) is 14.1. The molecule has 3 nitrogen and oxygen atoms in total. The maximum absolute atomic E-state index is 12.5. The summed E-state index contributed by atoms with van der Waals surface area (Å²) in [4.78, 5) is 12.5. The van der Waals surface area contributed by atoms with Crippen molar-refractivity contribution >= 4 is 21.7 Å². The highest BCUT2D eigenvalue weighted by Gasteiger charge is 2.47. The minimum Gasteiger partial charge on any atom is -0.490 e. The zero-order valence-corrected chi connectivity index (χ0v) is 13.2. The van der Waals surface area contributed by atoms with Gasteiger partial charge in [0.1, 0.15) is 12.4 Å². The van der Waals surface area contributed by atoms with E-state index in [0.29, 0.717) is 19.0 Å². The number of ether oxygens (including phenoxy) is 2. The van der Waals surface area contributed by atoms with Crippen LogP contribution in [-0.2, 0) is 4.74 Å². The first-order valence-corrected chi connectivity index (χ1v) is 7.94. The van der Waals surface area contributed by atoms with E-state index in [4.69, 9.17) is 9.47 Å². The number of rotatable bonds is 6. The summed E-state index contributed by atoms with van der Waals surface area (Å²) in [6.45, 7) is 1.06. The van der Waals surface area contributed by atoms with Crippen molar-refractivity contribution in [3.63, 3.8) is 0 Å². The molecule has 2 aliphatic rings. The van der Waals surface area contributed by atoms with Crippen molar-refractivity contribution in [2.45, 2.75) is 19.3 Å². The van der Waals surface area contributed by atoms with E-state index in [-0.39, 0.29) is 5.92 Å². The van der Waals surface area contributed by atoms with E-state index in [0.717, 1.165) is 40.5 Å². The molecule has 0 radical (unpaired) electrons. The first-order valence-electron chi connectivity index (χ1n) is 7.14. The number of carbonyl (C=O) groups is 1. The molecule has 0 aliphatic heterocycles. The van der Waals surface area contributed by atoms with Crippen molar-refractivity contribution < 1.29 is 14.3 Å². The van der Waals surface area contributed by atoms with Crippen LogP contribution in [-0.4, -0.2) is 26.1 Å². The Balaban J connectivity index is 1.65. The molecule has 2 atom stereocenters. The Hall–Kier alpha value is -0.870. The molecule has 1 aromatic rings. The molecule has 0 heterocycles. The molecule has 2 saturated carbocycles. The van der Waals surface area contributed by atoms with Gasteiger partial charge in [0.05, 0.1) is 11.1 Å². The number of hydrogen-bond acceptors (Lipinski definition) is 3. The number of ketones is 1. The van der Waals surface area contributed by atoms with Gasteiger partial charge >= 0.3 is 0 Å². The van der Waals surface area contributed by atoms with Gasteiger partial charge in [0, 0.05) is 18.6 Å². The van der Waals surface area contributed by atoms with Crippen molar-refractivity contribution in [2.24, 2.45) is 17.8 Å². The Kier molecular flexibility index (Phi) is 4.13. The molecule has 0 N–H and O–H groups in total. The number of hydrogen-bond donors (Lipinski definition) is 0. The largest absolute Gasteiger partial charge is 0.490 e. The number of methoxy groups -OCH3 is 1. The Morgan fingerprint density at radius 2 is 2.00 bits per heavy atom. The van der Waals surface area contributed by atoms with Gasteiger partial charge in [-0.3, -0.25) is 4.79 Å². The Bertz CT molecular complexity index is 504. The van der Waals surface area contributed by atoms with Gasteiger partial charge in [-0.05, 0) is 65.2 Å². The molecule has 4 heteroatoms. The van der Waals surface area contributed by atoms with Crippen LogP contribution in [0.1, 0.15) is 29.6 Å². The average Bonchev–Trinajstić information content (AvgIpc) is 3.06. The average molecular weight is 339 g/mol. The maximum atomic E-state index is 12.5. The van der Waals surface area contributed by atoms with Gasteiger partial charge in [-0.2, -0.15) is 0 Å². The molecule has 0 bridgehead atoms. The van der Waals surface area contributed by atoms with Crippen LogP contribution in [0.15, 0.2) is 22.7 Å². The third-order valence-corrected chi connectivity index (χ3v) is 5.00. The standard InChI is InChI=1S/C16H19BrO3/c1-19-4-5-20-15-3-2-10(9-14(15)17)16(18)13-7-11-6-12(11)8-13/h2-3,9,11-13H,4-8H2,1H3. The van der Waals surface area contributed by atoms with Gasteiger partial charge in [0.2, 0.25) is 0 Å². The van der Waals surface area contributed by atoms with E-state index in [1.165, 1.54) is 6.42 Å². The SMILES string of the molecule is COCCOc1ccc(C(=O)C2CC3CC3C2)cc1Br. The summed E-state index contributed by atoms with van der Waals surface area (Å²) in [6, 6.07) is 5.62. The fourth-order valence-electron chi connectivity index (χ4n) is 3.17. The molecule has 20 heavy (non-hydrogen) atoms. The molecule has 2 fully saturated rings. The fourth-order valence-corrected chi connectivity index (χ4v) is 3.66. The molecule has 3 rings (SSSR count). The Labute approximate surface area is 127 Å². The second-order valence-electron chi connectivity index (χ2n) is 5.77. The molecular formula is C16H19BrO3. The molecule has 0 saturated heterocycles. The van der Waals surface area contributed by atoms with E-state index in [2.05, 4.69) is 15.9 Å². The smallest absolute Gasteiger partial charge is 0.166 e. The van der Waals surface area contributed by atoms with Crippen molar-refractivity contribution in [3.05, 3.63) is 28.2 Å².